The van der Waals surface area contributed by atoms with Gasteiger partial charge in [-0.05, 0) is 61.7 Å². The number of methoxy groups -OCH3 is 1. The van der Waals surface area contributed by atoms with Crippen LogP contribution in [-0.4, -0.2) is 44.0 Å². The van der Waals surface area contributed by atoms with Crippen molar-refractivity contribution in [2.75, 3.05) is 20.2 Å². The summed E-state index contributed by atoms with van der Waals surface area (Å²) in [6.45, 7) is 2.50. The van der Waals surface area contributed by atoms with Crippen LogP contribution in [0.5, 0.6) is 5.75 Å². The third kappa shape index (κ3) is 5.23. The van der Waals surface area contributed by atoms with E-state index in [9.17, 15) is 13.2 Å². The van der Waals surface area contributed by atoms with E-state index in [2.05, 4.69) is 10.5 Å². The summed E-state index contributed by atoms with van der Waals surface area (Å²) in [4.78, 5) is 12.7. The molecule has 10 heteroatoms. The minimum atomic E-state index is -3.83. The molecule has 0 atom stereocenters. The van der Waals surface area contributed by atoms with Crippen molar-refractivity contribution in [2.24, 2.45) is 5.92 Å². The standard InChI is InChI=1S/C24H27N3O6S/c1-17-23(22(33-26-17)10-9-21-4-3-15-32-21)34(29,30)27-13-11-19(12-14-27)24(28)25-16-18-5-7-20(31-2)8-6-18/h3-10,15,19H,11-14,16H2,1-2H3,(H,25,28). The van der Waals surface area contributed by atoms with Crippen LogP contribution in [0, 0.1) is 12.8 Å². The van der Waals surface area contributed by atoms with Crippen LogP contribution in [-0.2, 0) is 21.4 Å². The molecule has 1 aliphatic heterocycles. The lowest BCUT2D eigenvalue weighted by molar-refractivity contribution is -0.126. The minimum absolute atomic E-state index is 0.0395. The summed E-state index contributed by atoms with van der Waals surface area (Å²) in [5.41, 5.74) is 1.26. The number of carbonyl (C=O) groups is 1. The van der Waals surface area contributed by atoms with Crippen LogP contribution in [0.3, 0.4) is 0 Å². The van der Waals surface area contributed by atoms with E-state index in [0.717, 1.165) is 11.3 Å². The van der Waals surface area contributed by atoms with Crippen molar-refractivity contribution in [3.05, 3.63) is 65.4 Å². The highest BCUT2D eigenvalue weighted by Gasteiger charge is 2.35. The number of sulfonamides is 1. The lowest BCUT2D eigenvalue weighted by Crippen LogP contribution is -2.43. The Morgan fingerprint density at radius 3 is 2.59 bits per heavy atom. The molecule has 4 rings (SSSR count). The number of aryl methyl sites for hydroxylation is 1. The number of hydrogen-bond acceptors (Lipinski definition) is 7. The topological polar surface area (TPSA) is 115 Å². The van der Waals surface area contributed by atoms with E-state index in [1.165, 1.54) is 16.6 Å². The van der Waals surface area contributed by atoms with Crippen LogP contribution >= 0.6 is 0 Å². The molecule has 0 unspecified atom stereocenters. The van der Waals surface area contributed by atoms with Gasteiger partial charge in [0, 0.05) is 25.6 Å². The number of benzene rings is 1. The fourth-order valence-electron chi connectivity index (χ4n) is 3.91. The van der Waals surface area contributed by atoms with Gasteiger partial charge in [0.25, 0.3) is 0 Å². The molecule has 1 aliphatic rings. The van der Waals surface area contributed by atoms with Gasteiger partial charge in [0.05, 0.1) is 13.4 Å². The molecule has 1 amide bonds. The Kier molecular flexibility index (Phi) is 7.18. The van der Waals surface area contributed by atoms with E-state index in [1.807, 2.05) is 24.3 Å². The molecular weight excluding hydrogens is 458 g/mol. The predicted octanol–water partition coefficient (Wildman–Crippen LogP) is 3.47. The predicted molar refractivity (Wildman–Crippen MR) is 125 cm³/mol. The third-order valence-electron chi connectivity index (χ3n) is 5.82. The van der Waals surface area contributed by atoms with Crippen molar-refractivity contribution in [1.82, 2.24) is 14.8 Å². The van der Waals surface area contributed by atoms with E-state index < -0.39 is 10.0 Å². The second-order valence-electron chi connectivity index (χ2n) is 8.05. The van der Waals surface area contributed by atoms with E-state index >= 15 is 0 Å². The zero-order chi connectivity index (χ0) is 24.1. The average Bonchev–Trinajstić information content (AvgIpc) is 3.51. The van der Waals surface area contributed by atoms with E-state index in [1.54, 1.807) is 32.2 Å². The summed E-state index contributed by atoms with van der Waals surface area (Å²) in [6, 6.07) is 11.0. The van der Waals surface area contributed by atoms with Crippen LogP contribution in [0.25, 0.3) is 12.2 Å². The largest absolute Gasteiger partial charge is 0.497 e. The van der Waals surface area contributed by atoms with Gasteiger partial charge in [0.1, 0.15) is 17.2 Å². The van der Waals surface area contributed by atoms with E-state index in [-0.39, 0.29) is 35.6 Å². The molecule has 180 valence electrons. The summed E-state index contributed by atoms with van der Waals surface area (Å²) < 4.78 is 43.7. The summed E-state index contributed by atoms with van der Waals surface area (Å²) in [6.07, 6.45) is 5.56. The molecule has 1 N–H and O–H groups in total. The van der Waals surface area contributed by atoms with Crippen molar-refractivity contribution in [3.8, 4) is 5.75 Å². The second-order valence-corrected chi connectivity index (χ2v) is 9.93. The number of rotatable bonds is 8. The van der Waals surface area contributed by atoms with E-state index in [4.69, 9.17) is 13.7 Å². The maximum atomic E-state index is 13.3. The summed E-state index contributed by atoms with van der Waals surface area (Å²) in [7, 11) is -2.23. The number of carbonyl (C=O) groups excluding carboxylic acids is 1. The van der Waals surface area contributed by atoms with Crippen LogP contribution in [0.4, 0.5) is 0 Å². The van der Waals surface area contributed by atoms with Crippen LogP contribution in [0.2, 0.25) is 0 Å². The zero-order valence-corrected chi connectivity index (χ0v) is 19.9. The van der Waals surface area contributed by atoms with Gasteiger partial charge in [-0.2, -0.15) is 4.31 Å². The highest BCUT2D eigenvalue weighted by molar-refractivity contribution is 7.89. The molecule has 0 bridgehead atoms. The van der Waals surface area contributed by atoms with Gasteiger partial charge in [-0.3, -0.25) is 4.79 Å². The molecule has 1 aromatic carbocycles. The van der Waals surface area contributed by atoms with Gasteiger partial charge >= 0.3 is 0 Å². The second kappa shape index (κ2) is 10.3. The molecule has 1 fully saturated rings. The molecule has 2 aromatic heterocycles. The number of amides is 1. The molecule has 34 heavy (non-hydrogen) atoms. The zero-order valence-electron chi connectivity index (χ0n) is 19.1. The smallest absolute Gasteiger partial charge is 0.248 e. The van der Waals surface area contributed by atoms with Gasteiger partial charge in [-0.1, -0.05) is 17.3 Å². The fraction of sp³-hybridized carbons (Fsp3) is 0.333. The van der Waals surface area contributed by atoms with Gasteiger partial charge < -0.3 is 19.0 Å². The first-order valence-electron chi connectivity index (χ1n) is 11.0. The monoisotopic (exact) mass is 485 g/mol. The van der Waals surface area contributed by atoms with Gasteiger partial charge in [-0.15, -0.1) is 0 Å². The number of piperidine rings is 1. The van der Waals surface area contributed by atoms with Crippen LogP contribution in [0.15, 0.2) is 56.5 Å². The Labute approximate surface area is 198 Å². The normalized spacial score (nSPS) is 15.6. The first-order chi connectivity index (χ1) is 16.4. The summed E-state index contributed by atoms with van der Waals surface area (Å²) in [5, 5.41) is 6.79. The summed E-state index contributed by atoms with van der Waals surface area (Å²) in [5.74, 6) is 1.15. The molecule has 0 spiro atoms. The molecule has 0 aliphatic carbocycles. The first-order valence-corrected chi connectivity index (χ1v) is 12.4. The quantitative estimate of drug-likeness (QED) is 0.519. The average molecular weight is 486 g/mol. The Bertz CT molecular complexity index is 1240. The van der Waals surface area contributed by atoms with Crippen LogP contribution < -0.4 is 10.1 Å². The van der Waals surface area contributed by atoms with Crippen molar-refractivity contribution < 1.29 is 26.9 Å². The fourth-order valence-corrected chi connectivity index (χ4v) is 5.63. The van der Waals surface area contributed by atoms with Crippen molar-refractivity contribution >= 4 is 28.1 Å². The number of nitrogens with one attached hydrogen (secondary N) is 1. The molecule has 1 saturated heterocycles. The van der Waals surface area contributed by atoms with Gasteiger partial charge in [-0.25, -0.2) is 8.42 Å². The van der Waals surface area contributed by atoms with Crippen molar-refractivity contribution in [3.63, 3.8) is 0 Å². The molecule has 0 radical (unpaired) electrons. The number of hydrogen-bond donors (Lipinski definition) is 1. The maximum absolute atomic E-state index is 13.3. The highest BCUT2D eigenvalue weighted by atomic mass is 32.2. The molecule has 0 saturated carbocycles. The lowest BCUT2D eigenvalue weighted by atomic mass is 9.97. The van der Waals surface area contributed by atoms with E-state index in [0.29, 0.717) is 30.8 Å². The van der Waals surface area contributed by atoms with Gasteiger partial charge in [0.15, 0.2) is 10.7 Å². The molecule has 9 nitrogen and oxygen atoms in total. The molecule has 3 heterocycles. The number of nitrogens with zero attached hydrogens (tertiary/aromatic N) is 2. The Balaban J connectivity index is 1.37. The maximum Gasteiger partial charge on any atom is 0.248 e. The third-order valence-corrected chi connectivity index (χ3v) is 7.88. The van der Waals surface area contributed by atoms with Crippen LogP contribution in [0.1, 0.15) is 35.6 Å². The summed E-state index contributed by atoms with van der Waals surface area (Å²) >= 11 is 0. The van der Waals surface area contributed by atoms with Crippen molar-refractivity contribution in [1.29, 1.82) is 0 Å². The van der Waals surface area contributed by atoms with Crippen molar-refractivity contribution in [2.45, 2.75) is 31.2 Å². The first kappa shape index (κ1) is 23.8. The number of furan rings is 1. The highest BCUT2D eigenvalue weighted by Crippen LogP contribution is 2.29. The molecule has 3 aromatic rings. The Hall–Kier alpha value is -3.37. The SMILES string of the molecule is COc1ccc(CNC(=O)C2CCN(S(=O)(=O)c3c(C)noc3C=Cc3ccco3)CC2)cc1. The Morgan fingerprint density at radius 1 is 1.21 bits per heavy atom. The number of aromatic nitrogens is 1. The Morgan fingerprint density at radius 2 is 1.94 bits per heavy atom. The molecular formula is C24H27N3O6S. The van der Waals surface area contributed by atoms with Gasteiger partial charge in [0.2, 0.25) is 15.9 Å². The lowest BCUT2D eigenvalue weighted by Gasteiger charge is -2.30. The number of ether oxygens (including phenoxy) is 1. The minimum Gasteiger partial charge on any atom is -0.497 e.